The number of hydrogen-bond donors (Lipinski definition) is 2. The Labute approximate surface area is 111 Å². The van der Waals surface area contributed by atoms with Gasteiger partial charge in [-0.25, -0.2) is 9.18 Å². The van der Waals surface area contributed by atoms with Crippen molar-refractivity contribution in [3.8, 4) is 0 Å². The SMILES string of the molecule is O=C(O)C1(Nc2ccc(C(F)(F)F)cc2F)CCOC1. The van der Waals surface area contributed by atoms with Gasteiger partial charge < -0.3 is 15.2 Å². The Bertz CT molecular complexity index is 524. The maximum Gasteiger partial charge on any atom is 0.416 e. The van der Waals surface area contributed by atoms with Crippen LogP contribution in [0.15, 0.2) is 18.2 Å². The van der Waals surface area contributed by atoms with Crippen molar-refractivity contribution in [2.45, 2.75) is 18.1 Å². The highest BCUT2D eigenvalue weighted by Crippen LogP contribution is 2.33. The van der Waals surface area contributed by atoms with Gasteiger partial charge in [0.2, 0.25) is 0 Å². The third kappa shape index (κ3) is 2.69. The van der Waals surface area contributed by atoms with Gasteiger partial charge >= 0.3 is 12.1 Å². The molecule has 0 bridgehead atoms. The number of rotatable bonds is 3. The van der Waals surface area contributed by atoms with Crippen LogP contribution >= 0.6 is 0 Å². The molecule has 1 fully saturated rings. The van der Waals surface area contributed by atoms with Gasteiger partial charge in [-0.1, -0.05) is 0 Å². The van der Waals surface area contributed by atoms with E-state index in [9.17, 15) is 22.4 Å². The summed E-state index contributed by atoms with van der Waals surface area (Å²) < 4.78 is 55.9. The molecule has 8 heteroatoms. The van der Waals surface area contributed by atoms with E-state index in [0.717, 1.165) is 6.07 Å². The number of hydrogen-bond acceptors (Lipinski definition) is 3. The largest absolute Gasteiger partial charge is 0.479 e. The average molecular weight is 293 g/mol. The molecule has 110 valence electrons. The van der Waals surface area contributed by atoms with Gasteiger partial charge in [0.05, 0.1) is 17.9 Å². The summed E-state index contributed by atoms with van der Waals surface area (Å²) in [4.78, 5) is 11.2. The summed E-state index contributed by atoms with van der Waals surface area (Å²) in [6.45, 7) is 0.00431. The molecule has 2 N–H and O–H groups in total. The molecular weight excluding hydrogens is 282 g/mol. The number of carboxylic acid groups (broad SMARTS) is 1. The normalized spacial score (nSPS) is 22.8. The van der Waals surface area contributed by atoms with E-state index in [1.807, 2.05) is 0 Å². The van der Waals surface area contributed by atoms with Crippen LogP contribution in [0.3, 0.4) is 0 Å². The van der Waals surface area contributed by atoms with Crippen molar-refractivity contribution in [2.75, 3.05) is 18.5 Å². The molecule has 1 saturated heterocycles. The molecule has 4 nitrogen and oxygen atoms in total. The zero-order chi connectivity index (χ0) is 15.0. The van der Waals surface area contributed by atoms with Crippen molar-refractivity contribution in [3.63, 3.8) is 0 Å². The van der Waals surface area contributed by atoms with Crippen LogP contribution in [0.2, 0.25) is 0 Å². The summed E-state index contributed by atoms with van der Waals surface area (Å²) in [5, 5.41) is 11.6. The number of carboxylic acids is 1. The molecule has 1 aliphatic rings. The van der Waals surface area contributed by atoms with Crippen LogP contribution in [0, 0.1) is 5.82 Å². The Balaban J connectivity index is 2.28. The first-order valence-corrected chi connectivity index (χ1v) is 5.71. The summed E-state index contributed by atoms with van der Waals surface area (Å²) in [5.74, 6) is -2.40. The van der Waals surface area contributed by atoms with Crippen LogP contribution in [0.4, 0.5) is 23.2 Å². The van der Waals surface area contributed by atoms with Crippen LogP contribution in [0.5, 0.6) is 0 Å². The second kappa shape index (κ2) is 4.93. The first-order chi connectivity index (χ1) is 9.24. The van der Waals surface area contributed by atoms with Crippen molar-refractivity contribution >= 4 is 11.7 Å². The number of nitrogens with one attached hydrogen (secondary N) is 1. The molecule has 2 rings (SSSR count). The van der Waals surface area contributed by atoms with Crippen molar-refractivity contribution in [2.24, 2.45) is 0 Å². The second-order valence-electron chi connectivity index (χ2n) is 4.51. The summed E-state index contributed by atoms with van der Waals surface area (Å²) in [6, 6.07) is 1.89. The number of aliphatic carboxylic acids is 1. The standard InChI is InChI=1S/C12H11F4NO3/c13-8-5-7(12(14,15)16)1-2-9(8)17-11(10(18)19)3-4-20-6-11/h1-2,5,17H,3-4,6H2,(H,18,19). The molecule has 0 spiro atoms. The lowest BCUT2D eigenvalue weighted by Gasteiger charge is -2.25. The average Bonchev–Trinajstić information content (AvgIpc) is 2.80. The van der Waals surface area contributed by atoms with E-state index in [1.165, 1.54) is 0 Å². The van der Waals surface area contributed by atoms with Gasteiger partial charge in [-0.05, 0) is 18.2 Å². The Hall–Kier alpha value is -1.83. The maximum absolute atomic E-state index is 13.7. The van der Waals surface area contributed by atoms with E-state index in [1.54, 1.807) is 0 Å². The third-order valence-corrected chi connectivity index (χ3v) is 3.10. The zero-order valence-corrected chi connectivity index (χ0v) is 10.1. The van der Waals surface area contributed by atoms with Crippen LogP contribution in [-0.2, 0) is 15.7 Å². The van der Waals surface area contributed by atoms with E-state index < -0.39 is 29.1 Å². The molecule has 0 aliphatic carbocycles. The lowest BCUT2D eigenvalue weighted by atomic mass is 9.98. The summed E-state index contributed by atoms with van der Waals surface area (Å²) >= 11 is 0. The molecule has 1 aliphatic heterocycles. The number of carbonyl (C=O) groups is 1. The minimum Gasteiger partial charge on any atom is -0.479 e. The monoisotopic (exact) mass is 293 g/mol. The lowest BCUT2D eigenvalue weighted by molar-refractivity contribution is -0.142. The zero-order valence-electron chi connectivity index (χ0n) is 10.1. The predicted molar refractivity (Wildman–Crippen MR) is 60.8 cm³/mol. The Morgan fingerprint density at radius 3 is 2.55 bits per heavy atom. The van der Waals surface area contributed by atoms with Gasteiger partial charge in [-0.2, -0.15) is 13.2 Å². The fraction of sp³-hybridized carbons (Fsp3) is 0.417. The van der Waals surface area contributed by atoms with E-state index >= 15 is 0 Å². The number of benzene rings is 1. The molecule has 20 heavy (non-hydrogen) atoms. The number of anilines is 1. The van der Waals surface area contributed by atoms with E-state index in [0.29, 0.717) is 12.1 Å². The van der Waals surface area contributed by atoms with Crippen LogP contribution in [0.25, 0.3) is 0 Å². The van der Waals surface area contributed by atoms with Crippen LogP contribution in [0.1, 0.15) is 12.0 Å². The van der Waals surface area contributed by atoms with Gasteiger partial charge in [-0.15, -0.1) is 0 Å². The van der Waals surface area contributed by atoms with Crippen LogP contribution < -0.4 is 5.32 Å². The van der Waals surface area contributed by atoms with E-state index in [2.05, 4.69) is 5.32 Å². The van der Waals surface area contributed by atoms with E-state index in [-0.39, 0.29) is 25.3 Å². The minimum atomic E-state index is -4.65. The third-order valence-electron chi connectivity index (χ3n) is 3.10. The fourth-order valence-corrected chi connectivity index (χ4v) is 1.94. The van der Waals surface area contributed by atoms with Crippen molar-refractivity contribution in [1.29, 1.82) is 0 Å². The molecular formula is C12H11F4NO3. The Morgan fingerprint density at radius 1 is 1.40 bits per heavy atom. The molecule has 0 amide bonds. The molecule has 1 atom stereocenters. The minimum absolute atomic E-state index is 0.1000. The molecule has 1 heterocycles. The van der Waals surface area contributed by atoms with Gasteiger partial charge in [0.1, 0.15) is 5.82 Å². The van der Waals surface area contributed by atoms with Crippen molar-refractivity contribution < 1.29 is 32.2 Å². The van der Waals surface area contributed by atoms with Gasteiger partial charge in [0.15, 0.2) is 5.54 Å². The van der Waals surface area contributed by atoms with Gasteiger partial charge in [0.25, 0.3) is 0 Å². The van der Waals surface area contributed by atoms with E-state index in [4.69, 9.17) is 9.84 Å². The number of alkyl halides is 3. The highest BCUT2D eigenvalue weighted by atomic mass is 19.4. The number of ether oxygens (including phenoxy) is 1. The Kier molecular flexibility index (Phi) is 3.59. The maximum atomic E-state index is 13.7. The quantitative estimate of drug-likeness (QED) is 0.841. The first kappa shape index (κ1) is 14.6. The molecule has 1 aromatic carbocycles. The predicted octanol–water partition coefficient (Wildman–Crippen LogP) is 2.50. The highest BCUT2D eigenvalue weighted by Gasteiger charge is 2.43. The van der Waals surface area contributed by atoms with Crippen molar-refractivity contribution in [3.05, 3.63) is 29.6 Å². The van der Waals surface area contributed by atoms with Gasteiger partial charge in [0, 0.05) is 13.0 Å². The Morgan fingerprint density at radius 2 is 2.10 bits per heavy atom. The molecule has 0 aromatic heterocycles. The summed E-state index contributed by atoms with van der Waals surface area (Å²) in [6.07, 6.45) is -4.55. The molecule has 1 aromatic rings. The summed E-state index contributed by atoms with van der Waals surface area (Å²) in [5.41, 5.74) is -2.95. The fourth-order valence-electron chi connectivity index (χ4n) is 1.94. The smallest absolute Gasteiger partial charge is 0.416 e. The number of halogens is 4. The van der Waals surface area contributed by atoms with Crippen molar-refractivity contribution in [1.82, 2.24) is 0 Å². The second-order valence-corrected chi connectivity index (χ2v) is 4.51. The highest BCUT2D eigenvalue weighted by molar-refractivity contribution is 5.83. The first-order valence-electron chi connectivity index (χ1n) is 5.71. The molecule has 1 unspecified atom stereocenters. The lowest BCUT2D eigenvalue weighted by Crippen LogP contribution is -2.47. The molecule has 0 radical (unpaired) electrons. The van der Waals surface area contributed by atoms with Crippen LogP contribution in [-0.4, -0.2) is 29.8 Å². The van der Waals surface area contributed by atoms with Gasteiger partial charge in [-0.3, -0.25) is 0 Å². The molecule has 0 saturated carbocycles. The summed E-state index contributed by atoms with van der Waals surface area (Å²) in [7, 11) is 0. The topological polar surface area (TPSA) is 58.6 Å².